The maximum absolute atomic E-state index is 11.8. The van der Waals surface area contributed by atoms with Gasteiger partial charge in [-0.25, -0.2) is 4.52 Å². The Hall–Kier alpha value is -2.13. The summed E-state index contributed by atoms with van der Waals surface area (Å²) in [5.41, 5.74) is 1.65. The van der Waals surface area contributed by atoms with Crippen LogP contribution in [0.4, 0.5) is 0 Å². The van der Waals surface area contributed by atoms with Crippen molar-refractivity contribution in [2.75, 3.05) is 6.54 Å². The second-order valence-corrected chi connectivity index (χ2v) is 5.12. The predicted octanol–water partition coefficient (Wildman–Crippen LogP) is 2.53. The molecule has 1 amide bonds. The van der Waals surface area contributed by atoms with E-state index in [1.807, 2.05) is 31.3 Å². The average molecular weight is 333 g/mol. The van der Waals surface area contributed by atoms with Gasteiger partial charge in [-0.05, 0) is 40.6 Å². The number of amides is 1. The number of nitrogens with zero attached hydrogens (tertiary/aromatic N) is 3. The highest BCUT2D eigenvalue weighted by Gasteiger charge is 2.10. The Kier molecular flexibility index (Phi) is 4.53. The lowest BCUT2D eigenvalue weighted by Crippen LogP contribution is -2.25. The third-order valence-electron chi connectivity index (χ3n) is 2.71. The second-order valence-electron chi connectivity index (χ2n) is 4.20. The Morgan fingerprint density at radius 2 is 2.40 bits per heavy atom. The van der Waals surface area contributed by atoms with Gasteiger partial charge in [0, 0.05) is 22.8 Å². The smallest absolute Gasteiger partial charge is 0.261 e. The number of rotatable bonds is 4. The molecule has 5 nitrogen and oxygen atoms in total. The lowest BCUT2D eigenvalue weighted by Gasteiger charge is -2.01. The van der Waals surface area contributed by atoms with Crippen molar-refractivity contribution in [2.24, 2.45) is 0 Å². The third kappa shape index (κ3) is 3.06. The zero-order valence-electron chi connectivity index (χ0n) is 10.9. The largest absolute Gasteiger partial charge is 0.351 e. The lowest BCUT2D eigenvalue weighted by atomic mass is 10.1. The molecule has 0 aromatic carbocycles. The molecule has 20 heavy (non-hydrogen) atoms. The summed E-state index contributed by atoms with van der Waals surface area (Å²) in [6, 6.07) is 5.69. The summed E-state index contributed by atoms with van der Waals surface area (Å²) in [6.45, 7) is 2.51. The van der Waals surface area contributed by atoms with E-state index >= 15 is 0 Å². The van der Waals surface area contributed by atoms with Crippen molar-refractivity contribution >= 4 is 33.4 Å². The van der Waals surface area contributed by atoms with Gasteiger partial charge in [0.05, 0.1) is 11.7 Å². The van der Waals surface area contributed by atoms with Crippen LogP contribution in [0.5, 0.6) is 0 Å². The van der Waals surface area contributed by atoms with E-state index in [-0.39, 0.29) is 11.5 Å². The number of fused-ring (bicyclic) bond motifs is 1. The van der Waals surface area contributed by atoms with Gasteiger partial charge in [-0.2, -0.15) is 10.4 Å². The number of nitriles is 1. The average Bonchev–Trinajstić information content (AvgIpc) is 2.84. The van der Waals surface area contributed by atoms with Gasteiger partial charge in [-0.3, -0.25) is 4.79 Å². The molecular weight excluding hydrogens is 320 g/mol. The molecule has 0 saturated carbocycles. The molecule has 0 fully saturated rings. The van der Waals surface area contributed by atoms with E-state index in [4.69, 9.17) is 5.26 Å². The minimum absolute atomic E-state index is 0.0799. The van der Waals surface area contributed by atoms with E-state index in [2.05, 4.69) is 26.3 Å². The van der Waals surface area contributed by atoms with Crippen LogP contribution in [0.3, 0.4) is 0 Å². The van der Waals surface area contributed by atoms with Gasteiger partial charge < -0.3 is 5.32 Å². The van der Waals surface area contributed by atoms with Gasteiger partial charge >= 0.3 is 0 Å². The topological polar surface area (TPSA) is 70.2 Å². The van der Waals surface area contributed by atoms with Gasteiger partial charge in [0.2, 0.25) is 0 Å². The molecule has 0 saturated heterocycles. The first-order valence-corrected chi connectivity index (χ1v) is 6.98. The molecule has 0 unspecified atom stereocenters. The highest BCUT2D eigenvalue weighted by atomic mass is 79.9. The molecule has 1 N–H and O–H groups in total. The summed E-state index contributed by atoms with van der Waals surface area (Å²) in [7, 11) is 0. The molecule has 0 radical (unpaired) electrons. The highest BCUT2D eigenvalue weighted by Crippen LogP contribution is 2.17. The maximum Gasteiger partial charge on any atom is 0.261 e. The Morgan fingerprint density at radius 1 is 1.60 bits per heavy atom. The number of hydrogen-bond acceptors (Lipinski definition) is 3. The van der Waals surface area contributed by atoms with Crippen LogP contribution in [0.1, 0.15) is 18.9 Å². The number of hydrogen-bond donors (Lipinski definition) is 1. The zero-order valence-corrected chi connectivity index (χ0v) is 12.5. The SMILES string of the molecule is CCCNC(=O)/C(C#N)=C/c1cnn2cc(Br)ccc12. The number of nitrogens with one attached hydrogen (secondary N) is 1. The summed E-state index contributed by atoms with van der Waals surface area (Å²) in [5, 5.41) is 16.0. The van der Waals surface area contributed by atoms with E-state index in [0.29, 0.717) is 6.54 Å². The number of aromatic nitrogens is 2. The molecule has 0 aliphatic rings. The molecule has 0 aliphatic heterocycles. The van der Waals surface area contributed by atoms with Crippen LogP contribution < -0.4 is 5.32 Å². The molecule has 2 rings (SSSR count). The normalized spacial score (nSPS) is 11.3. The fourth-order valence-corrected chi connectivity index (χ4v) is 2.05. The maximum atomic E-state index is 11.8. The second kappa shape index (κ2) is 6.35. The number of halogens is 1. The molecule has 2 aromatic heterocycles. The molecule has 2 aromatic rings. The molecule has 2 heterocycles. The van der Waals surface area contributed by atoms with Crippen LogP contribution >= 0.6 is 15.9 Å². The van der Waals surface area contributed by atoms with E-state index in [1.165, 1.54) is 0 Å². The molecular formula is C14H13BrN4O. The van der Waals surface area contributed by atoms with Crippen LogP contribution in [0.25, 0.3) is 11.6 Å². The molecule has 102 valence electrons. The van der Waals surface area contributed by atoms with Gasteiger partial charge in [0.25, 0.3) is 5.91 Å². The standard InChI is InChI=1S/C14H13BrN4O/c1-2-5-17-14(20)10(7-16)6-11-8-18-19-9-12(15)3-4-13(11)19/h3-4,6,8-9H,2,5H2,1H3,(H,17,20)/b10-6+. The quantitative estimate of drug-likeness (QED) is 0.690. The Labute approximate surface area is 125 Å². The Bertz CT molecular complexity index is 712. The molecule has 0 aliphatic carbocycles. The van der Waals surface area contributed by atoms with Crippen LogP contribution in [0, 0.1) is 11.3 Å². The van der Waals surface area contributed by atoms with E-state index < -0.39 is 0 Å². The molecule has 0 spiro atoms. The predicted molar refractivity (Wildman–Crippen MR) is 79.8 cm³/mol. The van der Waals surface area contributed by atoms with Crippen molar-refractivity contribution in [3.8, 4) is 6.07 Å². The van der Waals surface area contributed by atoms with Crippen molar-refractivity contribution in [3.63, 3.8) is 0 Å². The van der Waals surface area contributed by atoms with Crippen molar-refractivity contribution in [3.05, 3.63) is 40.1 Å². The van der Waals surface area contributed by atoms with Crippen molar-refractivity contribution in [1.29, 1.82) is 5.26 Å². The summed E-state index contributed by atoms with van der Waals surface area (Å²) >= 11 is 3.37. The summed E-state index contributed by atoms with van der Waals surface area (Å²) in [5.74, 6) is -0.356. The summed E-state index contributed by atoms with van der Waals surface area (Å²) < 4.78 is 2.60. The van der Waals surface area contributed by atoms with Crippen LogP contribution in [0.15, 0.2) is 34.6 Å². The Morgan fingerprint density at radius 3 is 3.10 bits per heavy atom. The number of carbonyl (C=O) groups is 1. The molecule has 6 heteroatoms. The minimum Gasteiger partial charge on any atom is -0.351 e. The van der Waals surface area contributed by atoms with E-state index in [1.54, 1.807) is 16.8 Å². The van der Waals surface area contributed by atoms with Crippen molar-refractivity contribution in [2.45, 2.75) is 13.3 Å². The van der Waals surface area contributed by atoms with Crippen LogP contribution in [0.2, 0.25) is 0 Å². The number of pyridine rings is 1. The van der Waals surface area contributed by atoms with Crippen molar-refractivity contribution < 1.29 is 4.79 Å². The highest BCUT2D eigenvalue weighted by molar-refractivity contribution is 9.10. The van der Waals surface area contributed by atoms with E-state index in [0.717, 1.165) is 22.0 Å². The molecule has 0 bridgehead atoms. The monoisotopic (exact) mass is 332 g/mol. The van der Waals surface area contributed by atoms with Crippen molar-refractivity contribution in [1.82, 2.24) is 14.9 Å². The summed E-state index contributed by atoms with van der Waals surface area (Å²) in [4.78, 5) is 11.8. The molecule has 0 atom stereocenters. The van der Waals surface area contributed by atoms with Gasteiger partial charge in [0.15, 0.2) is 0 Å². The van der Waals surface area contributed by atoms with Gasteiger partial charge in [-0.15, -0.1) is 0 Å². The first kappa shape index (κ1) is 14.3. The fourth-order valence-electron chi connectivity index (χ4n) is 1.73. The fraction of sp³-hybridized carbons (Fsp3) is 0.214. The number of carbonyl (C=O) groups excluding carboxylic acids is 1. The first-order valence-electron chi connectivity index (χ1n) is 6.18. The third-order valence-corrected chi connectivity index (χ3v) is 3.18. The van der Waals surface area contributed by atoms with Crippen LogP contribution in [-0.4, -0.2) is 22.1 Å². The zero-order chi connectivity index (χ0) is 14.5. The van der Waals surface area contributed by atoms with Crippen LogP contribution in [-0.2, 0) is 4.79 Å². The first-order chi connectivity index (χ1) is 9.65. The summed E-state index contributed by atoms with van der Waals surface area (Å²) in [6.07, 6.45) is 5.83. The lowest BCUT2D eigenvalue weighted by molar-refractivity contribution is -0.117. The van der Waals surface area contributed by atoms with Gasteiger partial charge in [-0.1, -0.05) is 6.92 Å². The van der Waals surface area contributed by atoms with Gasteiger partial charge in [0.1, 0.15) is 11.6 Å². The van der Waals surface area contributed by atoms with E-state index in [9.17, 15) is 4.79 Å². The minimum atomic E-state index is -0.356. The Balaban J connectivity index is 2.35.